The van der Waals surface area contributed by atoms with E-state index in [1.807, 2.05) is 48.5 Å². The van der Waals surface area contributed by atoms with Crippen LogP contribution in [0.3, 0.4) is 0 Å². The SMILES string of the molecule is Clc1ccc(Br)cc1NCC#Cc1ccccc1. The molecule has 2 rings (SSSR count). The van der Waals surface area contributed by atoms with Crippen molar-refractivity contribution in [3.8, 4) is 11.8 Å². The van der Waals surface area contributed by atoms with Gasteiger partial charge < -0.3 is 5.32 Å². The minimum absolute atomic E-state index is 0.561. The molecule has 0 atom stereocenters. The zero-order chi connectivity index (χ0) is 12.8. The zero-order valence-electron chi connectivity index (χ0n) is 9.58. The Morgan fingerprint density at radius 1 is 1.11 bits per heavy atom. The maximum Gasteiger partial charge on any atom is 0.0770 e. The Labute approximate surface area is 120 Å². The third-order valence-electron chi connectivity index (χ3n) is 2.30. The van der Waals surface area contributed by atoms with Gasteiger partial charge in [0.05, 0.1) is 17.3 Å². The highest BCUT2D eigenvalue weighted by Gasteiger charge is 1.98. The Bertz CT molecular complexity index is 584. The van der Waals surface area contributed by atoms with Gasteiger partial charge in [-0.25, -0.2) is 0 Å². The number of anilines is 1. The first kappa shape index (κ1) is 13.0. The van der Waals surface area contributed by atoms with Gasteiger partial charge in [-0.1, -0.05) is 57.6 Å². The minimum Gasteiger partial charge on any atom is -0.373 e. The highest BCUT2D eigenvalue weighted by atomic mass is 79.9. The van der Waals surface area contributed by atoms with Crippen LogP contribution in [-0.2, 0) is 0 Å². The predicted octanol–water partition coefficient (Wildman–Crippen LogP) is 4.57. The van der Waals surface area contributed by atoms with E-state index in [0.29, 0.717) is 11.6 Å². The molecule has 1 N–H and O–H groups in total. The predicted molar refractivity (Wildman–Crippen MR) is 81.0 cm³/mol. The molecule has 2 aromatic rings. The van der Waals surface area contributed by atoms with E-state index in [1.54, 1.807) is 0 Å². The van der Waals surface area contributed by atoms with Crippen LogP contribution in [0.15, 0.2) is 53.0 Å². The molecule has 1 nitrogen and oxygen atoms in total. The Kier molecular flexibility index (Phi) is 4.69. The fourth-order valence-electron chi connectivity index (χ4n) is 1.44. The molecule has 0 saturated heterocycles. The van der Waals surface area contributed by atoms with Crippen molar-refractivity contribution < 1.29 is 0 Å². The summed E-state index contributed by atoms with van der Waals surface area (Å²) in [7, 11) is 0. The van der Waals surface area contributed by atoms with Crippen LogP contribution in [0.2, 0.25) is 5.02 Å². The van der Waals surface area contributed by atoms with Crippen molar-refractivity contribution in [3.63, 3.8) is 0 Å². The summed E-state index contributed by atoms with van der Waals surface area (Å²) >= 11 is 9.47. The first-order chi connectivity index (χ1) is 8.75. The third kappa shape index (κ3) is 3.80. The molecule has 0 aliphatic rings. The van der Waals surface area contributed by atoms with Crippen molar-refractivity contribution in [1.82, 2.24) is 0 Å². The monoisotopic (exact) mass is 319 g/mol. The molecule has 0 saturated carbocycles. The topological polar surface area (TPSA) is 12.0 Å². The molecular weight excluding hydrogens is 310 g/mol. The van der Waals surface area contributed by atoms with E-state index in [1.165, 1.54) is 0 Å². The number of benzene rings is 2. The lowest BCUT2D eigenvalue weighted by Gasteiger charge is -2.05. The van der Waals surface area contributed by atoms with E-state index in [0.717, 1.165) is 15.7 Å². The van der Waals surface area contributed by atoms with Crippen molar-refractivity contribution in [2.24, 2.45) is 0 Å². The molecule has 0 spiro atoms. The van der Waals surface area contributed by atoms with Crippen LogP contribution in [0.25, 0.3) is 0 Å². The van der Waals surface area contributed by atoms with Crippen molar-refractivity contribution >= 4 is 33.2 Å². The Balaban J connectivity index is 1.97. The summed E-state index contributed by atoms with van der Waals surface area (Å²) < 4.78 is 0.991. The van der Waals surface area contributed by atoms with Gasteiger partial charge in [0.25, 0.3) is 0 Å². The summed E-state index contributed by atoms with van der Waals surface area (Å²) in [6, 6.07) is 15.6. The molecule has 2 aromatic carbocycles. The van der Waals surface area contributed by atoms with E-state index in [9.17, 15) is 0 Å². The van der Waals surface area contributed by atoms with E-state index in [-0.39, 0.29) is 0 Å². The van der Waals surface area contributed by atoms with Gasteiger partial charge in [0.2, 0.25) is 0 Å². The Morgan fingerprint density at radius 2 is 1.89 bits per heavy atom. The lowest BCUT2D eigenvalue weighted by Crippen LogP contribution is -1.99. The summed E-state index contributed by atoms with van der Waals surface area (Å²) in [6.07, 6.45) is 0. The molecule has 90 valence electrons. The number of hydrogen-bond acceptors (Lipinski definition) is 1. The minimum atomic E-state index is 0.561. The number of halogens is 2. The molecule has 0 aliphatic heterocycles. The number of rotatable bonds is 2. The molecule has 0 amide bonds. The van der Waals surface area contributed by atoms with Crippen LogP contribution in [0.4, 0.5) is 5.69 Å². The molecule has 0 fully saturated rings. The molecule has 0 radical (unpaired) electrons. The maximum atomic E-state index is 6.06. The highest BCUT2D eigenvalue weighted by molar-refractivity contribution is 9.10. The molecule has 18 heavy (non-hydrogen) atoms. The van der Waals surface area contributed by atoms with Crippen molar-refractivity contribution in [1.29, 1.82) is 0 Å². The van der Waals surface area contributed by atoms with Crippen LogP contribution in [0.1, 0.15) is 5.56 Å². The molecular formula is C15H11BrClN. The summed E-state index contributed by atoms with van der Waals surface area (Å²) in [6.45, 7) is 0.561. The van der Waals surface area contributed by atoms with E-state index >= 15 is 0 Å². The Morgan fingerprint density at radius 3 is 2.67 bits per heavy atom. The fourth-order valence-corrected chi connectivity index (χ4v) is 1.99. The van der Waals surface area contributed by atoms with Gasteiger partial charge in [0, 0.05) is 10.0 Å². The largest absolute Gasteiger partial charge is 0.373 e. The first-order valence-electron chi connectivity index (χ1n) is 5.48. The molecule has 0 aliphatic carbocycles. The van der Waals surface area contributed by atoms with Gasteiger partial charge in [-0.3, -0.25) is 0 Å². The van der Waals surface area contributed by atoms with E-state index < -0.39 is 0 Å². The molecule has 3 heteroatoms. The zero-order valence-corrected chi connectivity index (χ0v) is 11.9. The standard InChI is InChI=1S/C15H11BrClN/c16-13-8-9-14(17)15(11-13)18-10-4-7-12-5-2-1-3-6-12/h1-3,5-6,8-9,11,18H,10H2. The second kappa shape index (κ2) is 6.49. The van der Waals surface area contributed by atoms with Crippen LogP contribution >= 0.6 is 27.5 Å². The normalized spacial score (nSPS) is 9.44. The lowest BCUT2D eigenvalue weighted by atomic mass is 10.2. The van der Waals surface area contributed by atoms with Crippen LogP contribution in [-0.4, -0.2) is 6.54 Å². The van der Waals surface area contributed by atoms with E-state index in [4.69, 9.17) is 11.6 Å². The van der Waals surface area contributed by atoms with Crippen LogP contribution in [0.5, 0.6) is 0 Å². The van der Waals surface area contributed by atoms with Crippen molar-refractivity contribution in [2.45, 2.75) is 0 Å². The second-order valence-electron chi connectivity index (χ2n) is 3.65. The molecule has 0 heterocycles. The van der Waals surface area contributed by atoms with Gasteiger partial charge in [-0.15, -0.1) is 0 Å². The maximum absolute atomic E-state index is 6.06. The van der Waals surface area contributed by atoms with E-state index in [2.05, 4.69) is 33.1 Å². The van der Waals surface area contributed by atoms with Crippen molar-refractivity contribution in [3.05, 3.63) is 63.6 Å². The first-order valence-corrected chi connectivity index (χ1v) is 6.65. The quantitative estimate of drug-likeness (QED) is 0.800. The smallest absolute Gasteiger partial charge is 0.0770 e. The Hall–Kier alpha value is -1.43. The summed E-state index contributed by atoms with van der Waals surface area (Å²) in [5, 5.41) is 3.88. The second-order valence-corrected chi connectivity index (χ2v) is 4.97. The van der Waals surface area contributed by atoms with Gasteiger partial charge in [0.1, 0.15) is 0 Å². The summed E-state index contributed by atoms with van der Waals surface area (Å²) in [5.74, 6) is 6.14. The van der Waals surface area contributed by atoms with Crippen LogP contribution in [0, 0.1) is 11.8 Å². The lowest BCUT2D eigenvalue weighted by molar-refractivity contribution is 1.37. The van der Waals surface area contributed by atoms with Crippen LogP contribution < -0.4 is 5.32 Å². The fraction of sp³-hybridized carbons (Fsp3) is 0.0667. The number of nitrogens with one attached hydrogen (secondary N) is 1. The average Bonchev–Trinajstić information content (AvgIpc) is 2.40. The third-order valence-corrected chi connectivity index (χ3v) is 3.12. The van der Waals surface area contributed by atoms with Crippen molar-refractivity contribution in [2.75, 3.05) is 11.9 Å². The molecule has 0 bridgehead atoms. The average molecular weight is 321 g/mol. The molecule has 0 unspecified atom stereocenters. The number of hydrogen-bond donors (Lipinski definition) is 1. The van der Waals surface area contributed by atoms with Gasteiger partial charge >= 0.3 is 0 Å². The summed E-state index contributed by atoms with van der Waals surface area (Å²) in [5.41, 5.74) is 1.90. The molecule has 0 aromatic heterocycles. The van der Waals surface area contributed by atoms with Gasteiger partial charge in [-0.2, -0.15) is 0 Å². The summed E-state index contributed by atoms with van der Waals surface area (Å²) in [4.78, 5) is 0. The highest BCUT2D eigenvalue weighted by Crippen LogP contribution is 2.25. The van der Waals surface area contributed by atoms with Gasteiger partial charge in [0.15, 0.2) is 0 Å². The van der Waals surface area contributed by atoms with Gasteiger partial charge in [-0.05, 0) is 30.3 Å².